The molecule has 1 aromatic carbocycles. The number of hydrogen-bond donors (Lipinski definition) is 2. The molecule has 0 aromatic heterocycles. The van der Waals surface area contributed by atoms with Crippen LogP contribution in [0.3, 0.4) is 0 Å². The molecule has 2 aliphatic carbocycles. The summed E-state index contributed by atoms with van der Waals surface area (Å²) >= 11 is 5.70. The summed E-state index contributed by atoms with van der Waals surface area (Å²) in [5.41, 5.74) is 0. The zero-order valence-electron chi connectivity index (χ0n) is 11.4. The van der Waals surface area contributed by atoms with E-state index >= 15 is 0 Å². The van der Waals surface area contributed by atoms with Gasteiger partial charge in [0.15, 0.2) is 0 Å². The number of carbonyl (C=O) groups is 1. The van der Waals surface area contributed by atoms with Gasteiger partial charge in [0, 0.05) is 11.9 Å². The molecule has 0 spiro atoms. The molecule has 4 nitrogen and oxygen atoms in total. The number of ether oxygens (including phenoxy) is 1. The fourth-order valence-electron chi connectivity index (χ4n) is 1.76. The number of carboxylic acid groups (broad SMARTS) is 1. The molecular weight excluding hydrogens is 292 g/mol. The van der Waals surface area contributed by atoms with Crippen LogP contribution in [0.25, 0.3) is 0 Å². The number of aliphatic hydroxyl groups is 1. The molecule has 2 N–H and O–H groups in total. The summed E-state index contributed by atoms with van der Waals surface area (Å²) in [4.78, 5) is 10.4. The van der Waals surface area contributed by atoms with Gasteiger partial charge in [-0.2, -0.15) is 0 Å². The average molecular weight is 307 g/mol. The molecule has 1 unspecified atom stereocenters. The Balaban J connectivity index is 0.000000218. The molecular formula is C16H15ClO4. The summed E-state index contributed by atoms with van der Waals surface area (Å²) < 4.78 is 5.08. The Morgan fingerprint density at radius 2 is 1.76 bits per heavy atom. The number of hydrogen-bond acceptors (Lipinski definition) is 3. The fraction of sp³-hybridized carbons (Fsp3) is 0.188. The van der Waals surface area contributed by atoms with Crippen molar-refractivity contribution < 1.29 is 19.7 Å². The van der Waals surface area contributed by atoms with Crippen molar-refractivity contribution in [1.82, 2.24) is 0 Å². The molecule has 1 atom stereocenters. The number of benzene rings is 2. The molecule has 0 saturated carbocycles. The van der Waals surface area contributed by atoms with Gasteiger partial charge < -0.3 is 14.9 Å². The van der Waals surface area contributed by atoms with Crippen LogP contribution < -0.4 is 4.74 Å². The molecule has 0 radical (unpaired) electrons. The van der Waals surface area contributed by atoms with Gasteiger partial charge in [-0.05, 0) is 28.6 Å². The third kappa shape index (κ3) is 4.48. The van der Waals surface area contributed by atoms with Crippen LogP contribution in [-0.4, -0.2) is 22.0 Å². The number of aliphatic carboxylic acids is 1. The largest absolute Gasteiger partial charge is 0.481 e. The van der Waals surface area contributed by atoms with E-state index < -0.39 is 18.2 Å². The van der Waals surface area contributed by atoms with E-state index in [0.717, 1.165) is 0 Å². The maximum absolute atomic E-state index is 10.4. The molecule has 0 heterocycles. The Hall–Kier alpha value is -2.04. The quantitative estimate of drug-likeness (QED) is 0.726. The summed E-state index contributed by atoms with van der Waals surface area (Å²) in [6.07, 6.45) is -0.500. The topological polar surface area (TPSA) is 66.8 Å². The van der Waals surface area contributed by atoms with Crippen molar-refractivity contribution in [1.29, 1.82) is 0 Å². The van der Waals surface area contributed by atoms with Crippen LogP contribution in [0.2, 0.25) is 5.02 Å². The van der Waals surface area contributed by atoms with Crippen molar-refractivity contribution >= 4 is 17.6 Å². The molecule has 0 bridgehead atoms. The molecule has 1 aromatic rings. The van der Waals surface area contributed by atoms with Crippen LogP contribution in [0.5, 0.6) is 5.75 Å². The van der Waals surface area contributed by atoms with E-state index in [-0.39, 0.29) is 0 Å². The number of carboxylic acids is 1. The number of rotatable bonds is 4. The second-order valence-electron chi connectivity index (χ2n) is 4.88. The lowest BCUT2D eigenvalue weighted by Gasteiger charge is -2.22. The van der Waals surface area contributed by atoms with Gasteiger partial charge in [0.05, 0.1) is 0 Å². The lowest BCUT2D eigenvalue weighted by atomic mass is 10.1. The van der Waals surface area contributed by atoms with Crippen LogP contribution in [0.1, 0.15) is 13.3 Å². The first-order valence-electron chi connectivity index (χ1n) is 6.35. The van der Waals surface area contributed by atoms with Crippen molar-refractivity contribution in [2.24, 2.45) is 0 Å². The van der Waals surface area contributed by atoms with Crippen LogP contribution in [0, 0.1) is 10.4 Å². The summed E-state index contributed by atoms with van der Waals surface area (Å²) in [6, 6.07) is 14.9. The first-order valence-corrected chi connectivity index (χ1v) is 6.73. The molecule has 0 aliphatic heterocycles. The molecule has 21 heavy (non-hydrogen) atoms. The molecule has 110 valence electrons. The van der Waals surface area contributed by atoms with Crippen molar-refractivity contribution in [2.75, 3.05) is 0 Å². The third-order valence-electron chi connectivity index (χ3n) is 2.83. The van der Waals surface area contributed by atoms with Crippen molar-refractivity contribution in [3.8, 4) is 5.75 Å². The van der Waals surface area contributed by atoms with Gasteiger partial charge in [-0.15, -0.1) is 0 Å². The first-order chi connectivity index (χ1) is 9.85. The van der Waals surface area contributed by atoms with Crippen molar-refractivity contribution in [2.45, 2.75) is 19.1 Å². The minimum absolute atomic E-state index is 0.328. The van der Waals surface area contributed by atoms with Gasteiger partial charge in [0.25, 0.3) is 0 Å². The van der Waals surface area contributed by atoms with Crippen LogP contribution in [0.4, 0.5) is 0 Å². The van der Waals surface area contributed by atoms with E-state index in [4.69, 9.17) is 21.4 Å². The summed E-state index contributed by atoms with van der Waals surface area (Å²) in [6.45, 7) is 1.28. The van der Waals surface area contributed by atoms with Gasteiger partial charge in [0.1, 0.15) is 12.2 Å². The summed E-state index contributed by atoms with van der Waals surface area (Å²) in [5, 5.41) is 21.4. The fourth-order valence-corrected chi connectivity index (χ4v) is 1.94. The predicted octanol–water partition coefficient (Wildman–Crippen LogP) is 3.19. The van der Waals surface area contributed by atoms with Gasteiger partial charge in [-0.1, -0.05) is 41.9 Å². The zero-order valence-corrected chi connectivity index (χ0v) is 12.2. The minimum Gasteiger partial charge on any atom is -0.481 e. The molecule has 3 rings (SSSR count). The molecule has 5 heteroatoms. The predicted molar refractivity (Wildman–Crippen MR) is 79.1 cm³/mol. The lowest BCUT2D eigenvalue weighted by Crippen LogP contribution is -2.34. The van der Waals surface area contributed by atoms with Gasteiger partial charge in [0.2, 0.25) is 5.79 Å². The Morgan fingerprint density at radius 3 is 2.14 bits per heavy atom. The summed E-state index contributed by atoms with van der Waals surface area (Å²) in [7, 11) is 0. The normalized spacial score (nSPS) is 13.5. The van der Waals surface area contributed by atoms with Crippen LogP contribution >= 0.6 is 11.6 Å². The van der Waals surface area contributed by atoms with E-state index in [2.05, 4.69) is 24.3 Å². The smallest absolute Gasteiger partial charge is 0.310 e. The lowest BCUT2D eigenvalue weighted by molar-refractivity contribution is -0.161. The standard InChI is InChI=1S/C10H11ClO4.C6H4/c1-10(14,6-9(12)13)15-8-4-2-3-7(11)5-8;1-2-6-4-3-5(1)6/h2-5,14H,6H2,1H3,(H,12,13);1-4H. The Kier molecular flexibility index (Phi) is 4.50. The summed E-state index contributed by atoms with van der Waals surface area (Å²) in [5.74, 6) is -2.55. The van der Waals surface area contributed by atoms with E-state index in [9.17, 15) is 9.90 Å². The number of halogens is 1. The Morgan fingerprint density at radius 1 is 1.19 bits per heavy atom. The van der Waals surface area contributed by atoms with Crippen LogP contribution in [0.15, 0.2) is 48.5 Å². The highest BCUT2D eigenvalue weighted by molar-refractivity contribution is 6.30. The second kappa shape index (κ2) is 6.16. The highest BCUT2D eigenvalue weighted by atomic mass is 35.5. The third-order valence-corrected chi connectivity index (χ3v) is 3.07. The Bertz CT molecular complexity index is 690. The van der Waals surface area contributed by atoms with Crippen molar-refractivity contribution in [3.63, 3.8) is 0 Å². The molecule has 0 saturated heterocycles. The minimum atomic E-state index is -1.74. The molecule has 0 amide bonds. The average Bonchev–Trinajstić information content (AvgIpc) is 2.32. The molecule has 0 fully saturated rings. The van der Waals surface area contributed by atoms with Crippen molar-refractivity contribution in [3.05, 3.63) is 64.0 Å². The maximum Gasteiger partial charge on any atom is 0.310 e. The maximum atomic E-state index is 10.4. The zero-order chi connectivity index (χ0) is 15.5. The first kappa shape index (κ1) is 15.4. The van der Waals surface area contributed by atoms with E-state index in [1.54, 1.807) is 18.2 Å². The second-order valence-corrected chi connectivity index (χ2v) is 5.32. The van der Waals surface area contributed by atoms with Crippen LogP contribution in [-0.2, 0) is 4.79 Å². The highest BCUT2D eigenvalue weighted by Crippen LogP contribution is 2.22. The molecule has 2 aliphatic rings. The van der Waals surface area contributed by atoms with E-state index in [1.807, 2.05) is 0 Å². The SMILES string of the molecule is CC(O)(CC(=O)O)Oc1cccc(Cl)c1.c1cc2ccc1=2. The van der Waals surface area contributed by atoms with Gasteiger partial charge >= 0.3 is 5.97 Å². The Labute approximate surface area is 126 Å². The monoisotopic (exact) mass is 306 g/mol. The highest BCUT2D eigenvalue weighted by Gasteiger charge is 2.26. The van der Waals surface area contributed by atoms with Gasteiger partial charge in [-0.25, -0.2) is 0 Å². The van der Waals surface area contributed by atoms with Gasteiger partial charge in [-0.3, -0.25) is 4.79 Å². The van der Waals surface area contributed by atoms with E-state index in [0.29, 0.717) is 10.8 Å². The van der Waals surface area contributed by atoms with E-state index in [1.165, 1.54) is 23.4 Å².